The lowest BCUT2D eigenvalue weighted by Crippen LogP contribution is -2.17. The summed E-state index contributed by atoms with van der Waals surface area (Å²) in [6.45, 7) is 5.99. The average molecular weight is 380 g/mol. The molecule has 0 aliphatic heterocycles. The summed E-state index contributed by atoms with van der Waals surface area (Å²) in [5.74, 6) is -0.888. The van der Waals surface area contributed by atoms with Gasteiger partial charge < -0.3 is 10.1 Å². The Morgan fingerprint density at radius 2 is 2.04 bits per heavy atom. The number of aryl methyl sites for hydroxylation is 1. The summed E-state index contributed by atoms with van der Waals surface area (Å²) in [4.78, 5) is 24.5. The number of carbonyl (C=O) groups is 2. The van der Waals surface area contributed by atoms with Crippen LogP contribution in [0.3, 0.4) is 0 Å². The minimum Gasteiger partial charge on any atom is -0.458 e. The van der Waals surface area contributed by atoms with Crippen molar-refractivity contribution in [2.24, 2.45) is 0 Å². The zero-order chi connectivity index (χ0) is 17.0. The first-order valence-corrected chi connectivity index (χ1v) is 8.06. The van der Waals surface area contributed by atoms with Crippen LogP contribution in [-0.2, 0) is 11.3 Å². The van der Waals surface area contributed by atoms with Crippen LogP contribution in [-0.4, -0.2) is 27.8 Å². The van der Waals surface area contributed by atoms with Crippen LogP contribution in [0.4, 0.5) is 5.69 Å². The van der Waals surface area contributed by atoms with Crippen LogP contribution in [0, 0.1) is 0 Å². The van der Waals surface area contributed by atoms with E-state index in [4.69, 9.17) is 4.74 Å². The summed E-state index contributed by atoms with van der Waals surface area (Å²) in [6.07, 6.45) is 1.35. The molecule has 0 atom stereocenters. The topological polar surface area (TPSA) is 73.2 Å². The van der Waals surface area contributed by atoms with Crippen molar-refractivity contribution in [1.29, 1.82) is 0 Å². The Labute approximate surface area is 143 Å². The van der Waals surface area contributed by atoms with Crippen LogP contribution in [0.25, 0.3) is 0 Å². The van der Waals surface area contributed by atoms with Crippen molar-refractivity contribution < 1.29 is 14.3 Å². The molecule has 7 heteroatoms. The molecule has 23 heavy (non-hydrogen) atoms. The number of halogens is 1. The second-order valence-corrected chi connectivity index (χ2v) is 5.99. The second-order valence-electron chi connectivity index (χ2n) is 5.14. The summed E-state index contributed by atoms with van der Waals surface area (Å²) in [5.41, 5.74) is 0.902. The maximum Gasteiger partial charge on any atom is 0.361 e. The predicted octanol–water partition coefficient (Wildman–Crippen LogP) is 3.48. The fourth-order valence-corrected chi connectivity index (χ4v) is 2.40. The molecule has 0 aliphatic rings. The Morgan fingerprint density at radius 3 is 2.65 bits per heavy atom. The number of nitrogens with zero attached hydrogens (tertiary/aromatic N) is 2. The summed E-state index contributed by atoms with van der Waals surface area (Å²) in [5, 5.41) is 6.89. The molecule has 1 amide bonds. The first-order chi connectivity index (χ1) is 10.9. The number of rotatable bonds is 5. The lowest BCUT2D eigenvalue weighted by atomic mass is 10.2. The number of amides is 1. The van der Waals surface area contributed by atoms with E-state index in [0.29, 0.717) is 22.3 Å². The van der Waals surface area contributed by atoms with Gasteiger partial charge in [-0.1, -0.05) is 12.1 Å². The molecule has 1 N–H and O–H groups in total. The molecule has 0 fully saturated rings. The van der Waals surface area contributed by atoms with Gasteiger partial charge in [-0.3, -0.25) is 9.48 Å². The zero-order valence-corrected chi connectivity index (χ0v) is 14.8. The summed E-state index contributed by atoms with van der Waals surface area (Å²) < 4.78 is 7.42. The Balaban J connectivity index is 2.28. The highest BCUT2D eigenvalue weighted by Crippen LogP contribution is 2.20. The van der Waals surface area contributed by atoms with Crippen LogP contribution in [0.2, 0.25) is 0 Å². The molecule has 0 saturated carbocycles. The average Bonchev–Trinajstić information content (AvgIpc) is 2.90. The van der Waals surface area contributed by atoms with E-state index in [0.717, 1.165) is 0 Å². The molecule has 0 radical (unpaired) electrons. The molecular formula is C16H18BrN3O3. The molecule has 1 aromatic heterocycles. The molecule has 0 unspecified atom stereocenters. The lowest BCUT2D eigenvalue weighted by Gasteiger charge is -2.08. The number of ether oxygens (including phenoxy) is 1. The van der Waals surface area contributed by atoms with Crippen molar-refractivity contribution in [3.05, 3.63) is 46.2 Å². The molecule has 0 bridgehead atoms. The first-order valence-electron chi connectivity index (χ1n) is 7.26. The Hall–Kier alpha value is -2.15. The Bertz CT molecular complexity index is 725. The molecule has 0 saturated heterocycles. The van der Waals surface area contributed by atoms with E-state index in [1.807, 2.05) is 13.0 Å². The monoisotopic (exact) mass is 379 g/mol. The van der Waals surface area contributed by atoms with Gasteiger partial charge in [-0.15, -0.1) is 0 Å². The van der Waals surface area contributed by atoms with E-state index in [2.05, 4.69) is 26.3 Å². The van der Waals surface area contributed by atoms with Crippen LogP contribution >= 0.6 is 15.9 Å². The molecular weight excluding hydrogens is 362 g/mol. The van der Waals surface area contributed by atoms with Gasteiger partial charge in [-0.05, 0) is 48.8 Å². The highest BCUT2D eigenvalue weighted by molar-refractivity contribution is 9.10. The van der Waals surface area contributed by atoms with E-state index in [1.165, 1.54) is 0 Å². The number of hydrogen-bond donors (Lipinski definition) is 1. The maximum atomic E-state index is 12.4. The summed E-state index contributed by atoms with van der Waals surface area (Å²) >= 11 is 3.34. The van der Waals surface area contributed by atoms with Gasteiger partial charge in [0, 0.05) is 17.2 Å². The van der Waals surface area contributed by atoms with Gasteiger partial charge in [-0.25, -0.2) is 4.79 Å². The molecule has 2 rings (SSSR count). The highest BCUT2D eigenvalue weighted by Gasteiger charge is 2.21. The zero-order valence-electron chi connectivity index (χ0n) is 13.2. The van der Waals surface area contributed by atoms with Gasteiger partial charge in [0.15, 0.2) is 5.69 Å². The van der Waals surface area contributed by atoms with E-state index < -0.39 is 5.97 Å². The van der Waals surface area contributed by atoms with E-state index >= 15 is 0 Å². The molecule has 1 heterocycles. The third-order valence-corrected chi connectivity index (χ3v) is 3.68. The largest absolute Gasteiger partial charge is 0.458 e. The standard InChI is InChI=1S/C16H18BrN3O3/c1-4-20-9-13(14(19-20)16(22)23-10(2)3)18-15(21)11-7-5-6-8-12(11)17/h5-10H,4H2,1-3H3,(H,18,21). The predicted molar refractivity (Wildman–Crippen MR) is 90.5 cm³/mol. The fraction of sp³-hybridized carbons (Fsp3) is 0.312. The molecule has 0 aliphatic carbocycles. The van der Waals surface area contributed by atoms with Gasteiger partial charge in [-0.2, -0.15) is 5.10 Å². The summed E-state index contributed by atoms with van der Waals surface area (Å²) in [7, 11) is 0. The van der Waals surface area contributed by atoms with Crippen molar-refractivity contribution in [2.75, 3.05) is 5.32 Å². The number of hydrogen-bond acceptors (Lipinski definition) is 4. The fourth-order valence-electron chi connectivity index (χ4n) is 1.93. The quantitative estimate of drug-likeness (QED) is 0.806. The van der Waals surface area contributed by atoms with Crippen LogP contribution < -0.4 is 5.32 Å². The molecule has 6 nitrogen and oxygen atoms in total. The van der Waals surface area contributed by atoms with Crippen LogP contribution in [0.15, 0.2) is 34.9 Å². The highest BCUT2D eigenvalue weighted by atomic mass is 79.9. The van der Waals surface area contributed by atoms with Gasteiger partial charge in [0.1, 0.15) is 0 Å². The number of anilines is 1. The number of benzene rings is 1. The third kappa shape index (κ3) is 4.19. The van der Waals surface area contributed by atoms with Gasteiger partial charge in [0.05, 0.1) is 17.4 Å². The second kappa shape index (κ2) is 7.41. The van der Waals surface area contributed by atoms with Gasteiger partial charge >= 0.3 is 5.97 Å². The van der Waals surface area contributed by atoms with Crippen molar-refractivity contribution in [1.82, 2.24) is 9.78 Å². The third-order valence-electron chi connectivity index (χ3n) is 2.99. The minimum absolute atomic E-state index is 0.0981. The molecule has 0 spiro atoms. The summed E-state index contributed by atoms with van der Waals surface area (Å²) in [6, 6.07) is 7.05. The van der Waals surface area contributed by atoms with E-state index in [-0.39, 0.29) is 17.7 Å². The Kier molecular flexibility index (Phi) is 5.54. The lowest BCUT2D eigenvalue weighted by molar-refractivity contribution is 0.0371. The molecule has 2 aromatic rings. The normalized spacial score (nSPS) is 10.7. The maximum absolute atomic E-state index is 12.4. The van der Waals surface area contributed by atoms with Crippen molar-refractivity contribution in [2.45, 2.75) is 33.4 Å². The molecule has 1 aromatic carbocycles. The van der Waals surface area contributed by atoms with Gasteiger partial charge in [0.25, 0.3) is 5.91 Å². The number of aromatic nitrogens is 2. The van der Waals surface area contributed by atoms with E-state index in [1.54, 1.807) is 42.9 Å². The number of nitrogens with one attached hydrogen (secondary N) is 1. The van der Waals surface area contributed by atoms with Gasteiger partial charge in [0.2, 0.25) is 0 Å². The Morgan fingerprint density at radius 1 is 1.35 bits per heavy atom. The van der Waals surface area contributed by atoms with Crippen molar-refractivity contribution in [3.63, 3.8) is 0 Å². The van der Waals surface area contributed by atoms with Crippen LogP contribution in [0.1, 0.15) is 41.6 Å². The van der Waals surface area contributed by atoms with Crippen molar-refractivity contribution >= 4 is 33.5 Å². The molecule has 122 valence electrons. The number of esters is 1. The first kappa shape index (κ1) is 17.2. The SMILES string of the molecule is CCn1cc(NC(=O)c2ccccc2Br)c(C(=O)OC(C)C)n1. The van der Waals surface area contributed by atoms with E-state index in [9.17, 15) is 9.59 Å². The number of carbonyl (C=O) groups excluding carboxylic acids is 2. The van der Waals surface area contributed by atoms with Crippen molar-refractivity contribution in [3.8, 4) is 0 Å². The van der Waals surface area contributed by atoms with Crippen LogP contribution in [0.5, 0.6) is 0 Å². The smallest absolute Gasteiger partial charge is 0.361 e. The minimum atomic E-state index is -0.561.